The highest BCUT2D eigenvalue weighted by molar-refractivity contribution is 8.26. The number of morpholine rings is 1. The van der Waals surface area contributed by atoms with Crippen molar-refractivity contribution in [3.05, 3.63) is 34.2 Å². The molecule has 0 spiro atoms. The molecule has 2 aliphatic heterocycles. The molecule has 2 saturated heterocycles. The summed E-state index contributed by atoms with van der Waals surface area (Å²) >= 11 is 6.20. The van der Waals surface area contributed by atoms with Crippen LogP contribution < -0.4 is 10.0 Å². The van der Waals surface area contributed by atoms with Crippen LogP contribution in [0.4, 0.5) is 5.69 Å². The number of benzene rings is 1. The SMILES string of the molecule is Cc1cc(N2CCOCC2)ccc1/C=C1/SC(=S)N(CC(=O)[O-])C1=O. The van der Waals surface area contributed by atoms with Gasteiger partial charge in [0.15, 0.2) is 0 Å². The summed E-state index contributed by atoms with van der Waals surface area (Å²) in [6.07, 6.45) is 1.76. The normalized spacial score (nSPS) is 19.8. The third-order valence-corrected chi connectivity index (χ3v) is 5.45. The number of nitrogens with zero attached hydrogens (tertiary/aromatic N) is 2. The molecule has 2 fully saturated rings. The van der Waals surface area contributed by atoms with Crippen molar-refractivity contribution < 1.29 is 19.4 Å². The van der Waals surface area contributed by atoms with Gasteiger partial charge in [-0.15, -0.1) is 0 Å². The summed E-state index contributed by atoms with van der Waals surface area (Å²) in [6, 6.07) is 6.07. The number of anilines is 1. The highest BCUT2D eigenvalue weighted by Crippen LogP contribution is 2.33. The first-order valence-corrected chi connectivity index (χ1v) is 9.07. The average molecular weight is 377 g/mol. The largest absolute Gasteiger partial charge is 0.548 e. The number of amides is 1. The Labute approximate surface area is 155 Å². The third kappa shape index (κ3) is 4.02. The number of thiocarbonyl (C=S) groups is 1. The van der Waals surface area contributed by atoms with E-state index in [2.05, 4.69) is 11.0 Å². The molecule has 1 aromatic carbocycles. The van der Waals surface area contributed by atoms with E-state index in [0.717, 1.165) is 59.8 Å². The molecule has 3 rings (SSSR count). The first kappa shape index (κ1) is 17.9. The van der Waals surface area contributed by atoms with E-state index in [-0.39, 0.29) is 4.32 Å². The van der Waals surface area contributed by atoms with Gasteiger partial charge < -0.3 is 19.5 Å². The Hall–Kier alpha value is -1.90. The molecule has 2 aliphatic rings. The monoisotopic (exact) mass is 377 g/mol. The smallest absolute Gasteiger partial charge is 0.266 e. The van der Waals surface area contributed by atoms with E-state index in [1.165, 1.54) is 0 Å². The molecular weight excluding hydrogens is 360 g/mol. The number of carbonyl (C=O) groups is 2. The van der Waals surface area contributed by atoms with Crippen LogP contribution in [0.15, 0.2) is 23.1 Å². The molecule has 2 heterocycles. The van der Waals surface area contributed by atoms with E-state index >= 15 is 0 Å². The Morgan fingerprint density at radius 3 is 2.76 bits per heavy atom. The molecule has 1 aromatic rings. The van der Waals surface area contributed by atoms with Crippen LogP contribution in [0.2, 0.25) is 0 Å². The van der Waals surface area contributed by atoms with Crippen LogP contribution in [0.25, 0.3) is 6.08 Å². The summed E-state index contributed by atoms with van der Waals surface area (Å²) < 4.78 is 5.61. The molecule has 0 aliphatic carbocycles. The number of hydrogen-bond acceptors (Lipinski definition) is 7. The van der Waals surface area contributed by atoms with E-state index in [0.29, 0.717) is 4.91 Å². The molecular formula is C17H17N2O4S2-. The minimum absolute atomic E-state index is 0.239. The second-order valence-corrected chi connectivity index (χ2v) is 7.46. The Morgan fingerprint density at radius 1 is 1.40 bits per heavy atom. The predicted octanol–water partition coefficient (Wildman–Crippen LogP) is 0.783. The summed E-state index contributed by atoms with van der Waals surface area (Å²) in [5.41, 5.74) is 3.07. The van der Waals surface area contributed by atoms with Gasteiger partial charge in [-0.05, 0) is 36.3 Å². The Kier molecular flexibility index (Phi) is 5.41. The summed E-state index contributed by atoms with van der Waals surface area (Å²) in [7, 11) is 0. The van der Waals surface area contributed by atoms with Crippen molar-refractivity contribution in [1.82, 2.24) is 4.90 Å². The van der Waals surface area contributed by atoms with Gasteiger partial charge in [-0.1, -0.05) is 30.0 Å². The van der Waals surface area contributed by atoms with Crippen molar-refractivity contribution in [3.8, 4) is 0 Å². The lowest BCUT2D eigenvalue weighted by Gasteiger charge is -2.29. The molecule has 0 bridgehead atoms. The molecule has 132 valence electrons. The maximum absolute atomic E-state index is 12.3. The first-order valence-electron chi connectivity index (χ1n) is 7.84. The van der Waals surface area contributed by atoms with Gasteiger partial charge in [0.1, 0.15) is 4.32 Å². The van der Waals surface area contributed by atoms with Gasteiger partial charge in [0.2, 0.25) is 0 Å². The molecule has 0 saturated carbocycles. The Morgan fingerprint density at radius 2 is 2.12 bits per heavy atom. The molecule has 0 atom stereocenters. The second kappa shape index (κ2) is 7.55. The molecule has 8 heteroatoms. The van der Waals surface area contributed by atoms with Crippen LogP contribution >= 0.6 is 24.0 Å². The number of rotatable bonds is 4. The van der Waals surface area contributed by atoms with E-state index < -0.39 is 18.4 Å². The third-order valence-electron chi connectivity index (χ3n) is 4.08. The second-order valence-electron chi connectivity index (χ2n) is 5.78. The maximum atomic E-state index is 12.3. The van der Waals surface area contributed by atoms with Crippen LogP contribution in [0, 0.1) is 6.92 Å². The van der Waals surface area contributed by atoms with Gasteiger partial charge in [-0.25, -0.2) is 0 Å². The van der Waals surface area contributed by atoms with Crippen molar-refractivity contribution >= 4 is 51.9 Å². The molecule has 0 N–H and O–H groups in total. The van der Waals surface area contributed by atoms with Crippen molar-refractivity contribution in [3.63, 3.8) is 0 Å². The summed E-state index contributed by atoms with van der Waals surface area (Å²) in [5, 5.41) is 10.7. The fraction of sp³-hybridized carbons (Fsp3) is 0.353. The quantitative estimate of drug-likeness (QED) is 0.567. The zero-order valence-electron chi connectivity index (χ0n) is 13.7. The first-order chi connectivity index (χ1) is 12.0. The fourth-order valence-corrected chi connectivity index (χ4v) is 3.99. The van der Waals surface area contributed by atoms with Crippen molar-refractivity contribution in [2.24, 2.45) is 0 Å². The van der Waals surface area contributed by atoms with E-state index in [9.17, 15) is 14.7 Å². The van der Waals surface area contributed by atoms with E-state index in [1.807, 2.05) is 19.1 Å². The van der Waals surface area contributed by atoms with Crippen molar-refractivity contribution in [2.45, 2.75) is 6.92 Å². The van der Waals surface area contributed by atoms with Gasteiger partial charge in [0, 0.05) is 18.8 Å². The number of ether oxygens (including phenoxy) is 1. The average Bonchev–Trinajstić information content (AvgIpc) is 2.84. The topological polar surface area (TPSA) is 72.9 Å². The van der Waals surface area contributed by atoms with Crippen LogP contribution in [0.1, 0.15) is 11.1 Å². The lowest BCUT2D eigenvalue weighted by atomic mass is 10.1. The lowest BCUT2D eigenvalue weighted by molar-refractivity contribution is -0.305. The highest BCUT2D eigenvalue weighted by atomic mass is 32.2. The van der Waals surface area contributed by atoms with E-state index in [1.54, 1.807) is 6.08 Å². The molecule has 0 aromatic heterocycles. The number of carbonyl (C=O) groups excluding carboxylic acids is 2. The van der Waals surface area contributed by atoms with Gasteiger partial charge in [-0.2, -0.15) is 0 Å². The van der Waals surface area contributed by atoms with Crippen LogP contribution in [-0.4, -0.2) is 53.9 Å². The van der Waals surface area contributed by atoms with Crippen LogP contribution in [-0.2, 0) is 14.3 Å². The predicted molar refractivity (Wildman–Crippen MR) is 99.1 cm³/mol. The van der Waals surface area contributed by atoms with Gasteiger partial charge in [0.25, 0.3) is 5.91 Å². The summed E-state index contributed by atoms with van der Waals surface area (Å²) in [5.74, 6) is -1.72. The Bertz CT molecular complexity index is 757. The summed E-state index contributed by atoms with van der Waals surface area (Å²) in [4.78, 5) is 26.8. The van der Waals surface area contributed by atoms with Gasteiger partial charge in [0.05, 0.1) is 30.6 Å². The number of aryl methyl sites for hydroxylation is 1. The van der Waals surface area contributed by atoms with Crippen LogP contribution in [0.5, 0.6) is 0 Å². The molecule has 6 nitrogen and oxygen atoms in total. The number of hydrogen-bond donors (Lipinski definition) is 0. The van der Waals surface area contributed by atoms with Gasteiger partial charge in [-0.3, -0.25) is 9.69 Å². The maximum Gasteiger partial charge on any atom is 0.266 e. The minimum atomic E-state index is -1.33. The molecule has 0 radical (unpaired) electrons. The number of aliphatic carboxylic acids is 1. The molecule has 25 heavy (non-hydrogen) atoms. The fourth-order valence-electron chi connectivity index (χ4n) is 2.75. The van der Waals surface area contributed by atoms with Crippen LogP contribution in [0.3, 0.4) is 0 Å². The standard InChI is InChI=1S/C17H18N2O4S2/c1-11-8-13(18-4-6-23-7-5-18)3-2-12(11)9-14-16(22)19(10-15(20)21)17(24)25-14/h2-3,8-9H,4-7,10H2,1H3,(H,20,21)/p-1/b14-9+. The lowest BCUT2D eigenvalue weighted by Crippen LogP contribution is -2.40. The number of carboxylic acid groups (broad SMARTS) is 1. The number of carboxylic acids is 1. The summed E-state index contributed by atoms with van der Waals surface area (Å²) in [6.45, 7) is 4.64. The molecule has 1 amide bonds. The van der Waals surface area contributed by atoms with Gasteiger partial charge >= 0.3 is 0 Å². The minimum Gasteiger partial charge on any atom is -0.548 e. The van der Waals surface area contributed by atoms with Crippen molar-refractivity contribution in [2.75, 3.05) is 37.7 Å². The van der Waals surface area contributed by atoms with E-state index in [4.69, 9.17) is 17.0 Å². The number of thioether (sulfide) groups is 1. The zero-order chi connectivity index (χ0) is 18.0. The zero-order valence-corrected chi connectivity index (χ0v) is 15.3. The van der Waals surface area contributed by atoms with Crippen molar-refractivity contribution in [1.29, 1.82) is 0 Å². The Balaban J connectivity index is 1.80. The molecule has 0 unspecified atom stereocenters. The highest BCUT2D eigenvalue weighted by Gasteiger charge is 2.32.